The van der Waals surface area contributed by atoms with E-state index >= 15 is 0 Å². The summed E-state index contributed by atoms with van der Waals surface area (Å²) in [5.41, 5.74) is 4.39. The number of hydrogen-bond acceptors (Lipinski definition) is 9. The van der Waals surface area contributed by atoms with Crippen LogP contribution in [0.3, 0.4) is 0 Å². The second-order valence-electron chi connectivity index (χ2n) is 14.5. The Bertz CT molecular complexity index is 1930. The molecule has 0 spiro atoms. The number of thioether (sulfide) groups is 1. The number of allylic oxidation sites excluding steroid dienone is 1. The van der Waals surface area contributed by atoms with Crippen LogP contribution in [-0.4, -0.2) is 64.6 Å². The normalized spacial score (nSPS) is 25.0. The van der Waals surface area contributed by atoms with Gasteiger partial charge in [0.15, 0.2) is 0 Å². The third kappa shape index (κ3) is 8.10. The van der Waals surface area contributed by atoms with E-state index in [2.05, 4.69) is 66.2 Å². The van der Waals surface area contributed by atoms with E-state index in [4.69, 9.17) is 24.2 Å². The number of oxime groups is 1. The summed E-state index contributed by atoms with van der Waals surface area (Å²) in [4.78, 5) is 9.77. The molecule has 1 aliphatic heterocycles. The Hall–Kier alpha value is -4.15. The molecule has 4 aromatic rings. The molecule has 0 bridgehead atoms. The van der Waals surface area contributed by atoms with E-state index in [1.807, 2.05) is 54.5 Å². The number of aliphatic hydroxyl groups excluding tert-OH is 2. The maximum Gasteiger partial charge on any atom is 0.230 e. The van der Waals surface area contributed by atoms with E-state index in [0.717, 1.165) is 95.6 Å². The number of aryl methyl sites for hydroxylation is 1. The van der Waals surface area contributed by atoms with E-state index < -0.39 is 5.79 Å². The largest absolute Gasteiger partial charge is 0.460 e. The summed E-state index contributed by atoms with van der Waals surface area (Å²) >= 11 is 1.86. The standard InChI is InChI=1S/C45H52N2O6S/c1-3-25-51-45-42(54-26-20-31-18-21-46-22-19-31)30-40(47-50-2)38-28-34(12-6-8-23-48)37(13-7-9-24-49)43(44(38)45)39-29-36(16-17-41(39)53-45)52-35-15-14-32-10-4-5-11-33(32)27-35/h3-5,10-11,14-19,21-22,27-29,34,37,42-44,48-49H,1,6-9,12-13,20,23-26,30H2,2H3. The number of pyridine rings is 1. The van der Waals surface area contributed by atoms with Crippen molar-refractivity contribution in [3.05, 3.63) is 121 Å². The molecule has 2 heterocycles. The van der Waals surface area contributed by atoms with E-state index in [1.54, 1.807) is 7.11 Å². The van der Waals surface area contributed by atoms with Crippen molar-refractivity contribution >= 4 is 28.2 Å². The van der Waals surface area contributed by atoms with Gasteiger partial charge < -0.3 is 29.3 Å². The highest BCUT2D eigenvalue weighted by Gasteiger charge is 2.63. The number of rotatable bonds is 18. The van der Waals surface area contributed by atoms with Crippen LogP contribution in [0, 0.1) is 17.8 Å². The van der Waals surface area contributed by atoms with Crippen molar-refractivity contribution in [1.82, 2.24) is 4.98 Å². The van der Waals surface area contributed by atoms with Gasteiger partial charge in [-0.1, -0.05) is 60.5 Å². The molecule has 0 radical (unpaired) electrons. The number of aliphatic hydroxyl groups is 2. The lowest BCUT2D eigenvalue weighted by Gasteiger charge is -2.58. The van der Waals surface area contributed by atoms with Crippen molar-refractivity contribution in [2.45, 2.75) is 68.3 Å². The molecule has 3 aromatic carbocycles. The topological polar surface area (TPSA) is 103 Å². The Balaban J connectivity index is 1.35. The number of ether oxygens (including phenoxy) is 3. The first-order chi connectivity index (χ1) is 26.6. The van der Waals surface area contributed by atoms with Gasteiger partial charge in [0, 0.05) is 43.5 Å². The molecular formula is C45H52N2O6S. The highest BCUT2D eigenvalue weighted by atomic mass is 32.2. The fraction of sp³-hybridized carbons (Fsp3) is 0.422. The Morgan fingerprint density at radius 1 is 0.944 bits per heavy atom. The van der Waals surface area contributed by atoms with Crippen LogP contribution < -0.4 is 9.47 Å². The molecule has 284 valence electrons. The maximum absolute atomic E-state index is 9.89. The molecule has 8 nitrogen and oxygen atoms in total. The SMILES string of the molecule is C=CCOC12Oc3ccc(Oc4ccc5ccccc5c4)cc3C3C(CCCCO)C(CCCCO)C=C(C(=NOC)CC1SCCc1ccncc1)C32. The summed E-state index contributed by atoms with van der Waals surface area (Å²) in [5.74, 6) is 2.45. The molecule has 1 saturated carbocycles. The number of fused-ring (bicyclic) bond motifs is 3. The molecule has 6 atom stereocenters. The lowest BCUT2D eigenvalue weighted by Crippen LogP contribution is -2.64. The molecule has 0 saturated heterocycles. The van der Waals surface area contributed by atoms with Gasteiger partial charge in [0.2, 0.25) is 5.79 Å². The Labute approximate surface area is 323 Å². The average molecular weight is 749 g/mol. The summed E-state index contributed by atoms with van der Waals surface area (Å²) in [6.45, 7) is 4.71. The van der Waals surface area contributed by atoms with Crippen LogP contribution >= 0.6 is 11.8 Å². The van der Waals surface area contributed by atoms with Crippen molar-refractivity contribution in [3.8, 4) is 17.2 Å². The van der Waals surface area contributed by atoms with Gasteiger partial charge >= 0.3 is 0 Å². The van der Waals surface area contributed by atoms with Crippen LogP contribution in [0.15, 0.2) is 115 Å². The Morgan fingerprint density at radius 3 is 2.48 bits per heavy atom. The number of hydrogen-bond donors (Lipinski definition) is 2. The van der Waals surface area contributed by atoms with Crippen molar-refractivity contribution in [2.75, 3.05) is 32.7 Å². The molecule has 54 heavy (non-hydrogen) atoms. The Kier molecular flexibility index (Phi) is 12.7. The van der Waals surface area contributed by atoms with E-state index in [9.17, 15) is 10.2 Å². The smallest absolute Gasteiger partial charge is 0.230 e. The van der Waals surface area contributed by atoms with Crippen LogP contribution in [0.5, 0.6) is 17.2 Å². The van der Waals surface area contributed by atoms with Gasteiger partial charge in [-0.3, -0.25) is 4.98 Å². The van der Waals surface area contributed by atoms with Crippen LogP contribution in [-0.2, 0) is 16.0 Å². The molecule has 0 amide bonds. The first-order valence-electron chi connectivity index (χ1n) is 19.4. The van der Waals surface area contributed by atoms with Crippen molar-refractivity contribution in [2.24, 2.45) is 22.9 Å². The van der Waals surface area contributed by atoms with Crippen molar-refractivity contribution in [1.29, 1.82) is 0 Å². The monoisotopic (exact) mass is 748 g/mol. The molecule has 2 N–H and O–H groups in total. The van der Waals surface area contributed by atoms with Crippen LogP contribution in [0.25, 0.3) is 10.8 Å². The van der Waals surface area contributed by atoms with E-state index in [1.165, 1.54) is 5.56 Å². The highest BCUT2D eigenvalue weighted by Crippen LogP contribution is 2.62. The zero-order valence-corrected chi connectivity index (χ0v) is 32.0. The summed E-state index contributed by atoms with van der Waals surface area (Å²) in [6, 6.07) is 24.9. The molecule has 9 heteroatoms. The van der Waals surface area contributed by atoms with E-state index in [0.29, 0.717) is 13.0 Å². The minimum atomic E-state index is -1.00. The van der Waals surface area contributed by atoms with Crippen molar-refractivity contribution in [3.63, 3.8) is 0 Å². The zero-order valence-electron chi connectivity index (χ0n) is 31.1. The van der Waals surface area contributed by atoms with Gasteiger partial charge in [0.25, 0.3) is 0 Å². The molecule has 2 aliphatic carbocycles. The highest BCUT2D eigenvalue weighted by molar-refractivity contribution is 8.00. The van der Waals surface area contributed by atoms with Gasteiger partial charge in [-0.2, -0.15) is 11.8 Å². The summed E-state index contributed by atoms with van der Waals surface area (Å²) in [6.07, 6.45) is 14.6. The minimum Gasteiger partial charge on any atom is -0.460 e. The van der Waals surface area contributed by atoms with E-state index in [-0.39, 0.29) is 42.1 Å². The van der Waals surface area contributed by atoms with Gasteiger partial charge in [-0.25, -0.2) is 0 Å². The average Bonchev–Trinajstić information content (AvgIpc) is 3.20. The Morgan fingerprint density at radius 2 is 1.70 bits per heavy atom. The summed E-state index contributed by atoms with van der Waals surface area (Å²) in [5, 5.41) is 26.6. The number of aromatic nitrogens is 1. The fourth-order valence-electron chi connectivity index (χ4n) is 8.89. The lowest BCUT2D eigenvalue weighted by atomic mass is 9.56. The third-order valence-corrected chi connectivity index (χ3v) is 12.6. The van der Waals surface area contributed by atoms with Gasteiger partial charge in [0.05, 0.1) is 23.5 Å². The maximum atomic E-state index is 9.89. The second-order valence-corrected chi connectivity index (χ2v) is 15.8. The number of nitrogens with zero attached hydrogens (tertiary/aromatic N) is 2. The molecule has 3 aliphatic rings. The predicted molar refractivity (Wildman–Crippen MR) is 216 cm³/mol. The van der Waals surface area contributed by atoms with Gasteiger partial charge in [-0.05, 0) is 114 Å². The van der Waals surface area contributed by atoms with Crippen LogP contribution in [0.2, 0.25) is 0 Å². The quantitative estimate of drug-likeness (QED) is 0.0590. The zero-order chi connectivity index (χ0) is 37.3. The molecule has 1 aromatic heterocycles. The first kappa shape index (κ1) is 38.1. The lowest BCUT2D eigenvalue weighted by molar-refractivity contribution is -0.223. The summed E-state index contributed by atoms with van der Waals surface area (Å²) < 4.78 is 20.9. The predicted octanol–water partition coefficient (Wildman–Crippen LogP) is 9.27. The van der Waals surface area contributed by atoms with Crippen LogP contribution in [0.1, 0.15) is 62.0 Å². The molecule has 1 fully saturated rings. The summed E-state index contributed by atoms with van der Waals surface area (Å²) in [7, 11) is 1.62. The van der Waals surface area contributed by atoms with Crippen LogP contribution in [0.4, 0.5) is 0 Å². The second kappa shape index (κ2) is 18.0. The fourth-order valence-corrected chi connectivity index (χ4v) is 10.3. The van der Waals surface area contributed by atoms with Crippen molar-refractivity contribution < 1.29 is 29.3 Å². The molecule has 7 rings (SSSR count). The number of unbranched alkanes of at least 4 members (excludes halogenated alkanes) is 2. The molecular weight excluding hydrogens is 697 g/mol. The third-order valence-electron chi connectivity index (χ3n) is 11.2. The van der Waals surface area contributed by atoms with Gasteiger partial charge in [0.1, 0.15) is 24.4 Å². The number of benzene rings is 3. The molecule has 6 unspecified atom stereocenters. The van der Waals surface area contributed by atoms with Gasteiger partial charge in [-0.15, -0.1) is 6.58 Å². The first-order valence-corrected chi connectivity index (χ1v) is 20.4. The minimum absolute atomic E-state index is 0.00203.